The Hall–Kier alpha value is -2.11. The molecule has 3 rings (SSSR count). The molecular formula is C18H18N2OS2. The Labute approximate surface area is 144 Å². The second kappa shape index (κ2) is 7.44. The van der Waals surface area contributed by atoms with Gasteiger partial charge in [-0.15, -0.1) is 22.7 Å². The second-order valence-corrected chi connectivity index (χ2v) is 7.24. The maximum atomic E-state index is 12.6. The third-order valence-electron chi connectivity index (χ3n) is 3.58. The Morgan fingerprint density at radius 1 is 1.13 bits per heavy atom. The first-order chi connectivity index (χ1) is 11.2. The highest BCUT2D eigenvalue weighted by atomic mass is 32.1. The average Bonchev–Trinajstić information content (AvgIpc) is 3.28. The van der Waals surface area contributed by atoms with Crippen LogP contribution in [0, 0.1) is 0 Å². The predicted molar refractivity (Wildman–Crippen MR) is 97.3 cm³/mol. The lowest BCUT2D eigenvalue weighted by molar-refractivity contribution is -0.127. The van der Waals surface area contributed by atoms with Gasteiger partial charge in [0.2, 0.25) is 5.91 Å². The highest BCUT2D eigenvalue weighted by Crippen LogP contribution is 2.16. The van der Waals surface area contributed by atoms with Crippen LogP contribution in [0.25, 0.3) is 6.08 Å². The van der Waals surface area contributed by atoms with Crippen LogP contribution >= 0.6 is 22.7 Å². The minimum absolute atomic E-state index is 0.0352. The molecule has 0 fully saturated rings. The van der Waals surface area contributed by atoms with Crippen LogP contribution in [0.1, 0.15) is 15.4 Å². The lowest BCUT2D eigenvalue weighted by atomic mass is 10.3. The summed E-state index contributed by atoms with van der Waals surface area (Å²) in [6.07, 6.45) is 5.56. The SMILES string of the molecule is Cn1cccc1CN(Cc1cccs1)C(=O)/C=C/c1cccs1. The topological polar surface area (TPSA) is 25.2 Å². The van der Waals surface area contributed by atoms with Gasteiger partial charge in [0.05, 0.1) is 13.1 Å². The average molecular weight is 342 g/mol. The molecule has 0 spiro atoms. The van der Waals surface area contributed by atoms with Gasteiger partial charge in [-0.3, -0.25) is 4.79 Å². The van der Waals surface area contributed by atoms with E-state index in [1.807, 2.05) is 59.2 Å². The molecular weight excluding hydrogens is 324 g/mol. The van der Waals surface area contributed by atoms with E-state index in [0.29, 0.717) is 13.1 Å². The van der Waals surface area contributed by atoms with E-state index in [1.165, 1.54) is 4.88 Å². The molecule has 0 aliphatic rings. The van der Waals surface area contributed by atoms with Crippen molar-refractivity contribution < 1.29 is 4.79 Å². The van der Waals surface area contributed by atoms with Crippen LogP contribution in [0.4, 0.5) is 0 Å². The van der Waals surface area contributed by atoms with Gasteiger partial charge in [0.25, 0.3) is 0 Å². The van der Waals surface area contributed by atoms with Crippen molar-refractivity contribution in [2.24, 2.45) is 7.05 Å². The highest BCUT2D eigenvalue weighted by molar-refractivity contribution is 7.10. The van der Waals surface area contributed by atoms with Gasteiger partial charge in [0.15, 0.2) is 0 Å². The molecule has 1 amide bonds. The van der Waals surface area contributed by atoms with Gasteiger partial charge in [-0.05, 0) is 41.1 Å². The molecule has 23 heavy (non-hydrogen) atoms. The third kappa shape index (κ3) is 4.21. The molecule has 0 aliphatic heterocycles. The Balaban J connectivity index is 1.76. The van der Waals surface area contributed by atoms with Gasteiger partial charge in [-0.1, -0.05) is 12.1 Å². The smallest absolute Gasteiger partial charge is 0.247 e. The molecule has 3 nitrogen and oxygen atoms in total. The summed E-state index contributed by atoms with van der Waals surface area (Å²) in [5.74, 6) is 0.0352. The van der Waals surface area contributed by atoms with E-state index in [-0.39, 0.29) is 5.91 Å². The van der Waals surface area contributed by atoms with E-state index in [9.17, 15) is 4.79 Å². The fourth-order valence-corrected chi connectivity index (χ4v) is 3.64. The molecule has 0 bridgehead atoms. The first-order valence-electron chi connectivity index (χ1n) is 7.35. The van der Waals surface area contributed by atoms with E-state index < -0.39 is 0 Å². The van der Waals surface area contributed by atoms with Crippen LogP contribution in [-0.2, 0) is 24.9 Å². The Morgan fingerprint density at radius 3 is 2.61 bits per heavy atom. The number of hydrogen-bond donors (Lipinski definition) is 0. The number of nitrogens with zero attached hydrogens (tertiary/aromatic N) is 2. The van der Waals surface area contributed by atoms with Gasteiger partial charge in [-0.2, -0.15) is 0 Å². The minimum Gasteiger partial charge on any atom is -0.353 e. The first-order valence-corrected chi connectivity index (χ1v) is 9.11. The molecule has 0 unspecified atom stereocenters. The molecule has 3 aromatic rings. The standard InChI is InChI=1S/C18H18N2OS2/c1-19-10-2-5-15(19)13-20(14-17-7-4-12-23-17)18(21)9-8-16-6-3-11-22-16/h2-12H,13-14H2,1H3/b9-8+. The van der Waals surface area contributed by atoms with Crippen molar-refractivity contribution in [2.75, 3.05) is 0 Å². The van der Waals surface area contributed by atoms with E-state index in [4.69, 9.17) is 0 Å². The summed E-state index contributed by atoms with van der Waals surface area (Å²) in [4.78, 5) is 16.8. The summed E-state index contributed by atoms with van der Waals surface area (Å²) in [6, 6.07) is 12.1. The van der Waals surface area contributed by atoms with Gasteiger partial charge in [0.1, 0.15) is 0 Å². The molecule has 0 saturated carbocycles. The van der Waals surface area contributed by atoms with Crippen LogP contribution < -0.4 is 0 Å². The predicted octanol–water partition coefficient (Wildman–Crippen LogP) is 4.39. The van der Waals surface area contributed by atoms with E-state index >= 15 is 0 Å². The molecule has 0 radical (unpaired) electrons. The number of aromatic nitrogens is 1. The van der Waals surface area contributed by atoms with Crippen molar-refractivity contribution in [3.63, 3.8) is 0 Å². The zero-order valence-electron chi connectivity index (χ0n) is 12.9. The summed E-state index contributed by atoms with van der Waals surface area (Å²) in [5.41, 5.74) is 1.12. The van der Waals surface area contributed by atoms with Crippen LogP contribution in [0.15, 0.2) is 59.4 Å². The normalized spacial score (nSPS) is 11.2. The molecule has 118 valence electrons. The van der Waals surface area contributed by atoms with Gasteiger partial charge >= 0.3 is 0 Å². The van der Waals surface area contributed by atoms with Crippen molar-refractivity contribution in [1.82, 2.24) is 9.47 Å². The van der Waals surface area contributed by atoms with E-state index in [1.54, 1.807) is 28.7 Å². The number of aryl methyl sites for hydroxylation is 1. The monoisotopic (exact) mass is 342 g/mol. The zero-order chi connectivity index (χ0) is 16.1. The van der Waals surface area contributed by atoms with Crippen molar-refractivity contribution in [3.05, 3.63) is 74.9 Å². The Morgan fingerprint density at radius 2 is 1.96 bits per heavy atom. The quantitative estimate of drug-likeness (QED) is 0.610. The summed E-state index contributed by atoms with van der Waals surface area (Å²) in [7, 11) is 2.00. The summed E-state index contributed by atoms with van der Waals surface area (Å²) in [6.45, 7) is 1.24. The molecule has 0 aliphatic carbocycles. The summed E-state index contributed by atoms with van der Waals surface area (Å²) < 4.78 is 2.05. The zero-order valence-corrected chi connectivity index (χ0v) is 14.5. The van der Waals surface area contributed by atoms with Crippen molar-refractivity contribution in [3.8, 4) is 0 Å². The number of amides is 1. The largest absolute Gasteiger partial charge is 0.353 e. The second-order valence-electron chi connectivity index (χ2n) is 5.23. The summed E-state index contributed by atoms with van der Waals surface area (Å²) >= 11 is 3.31. The number of thiophene rings is 2. The molecule has 3 aromatic heterocycles. The number of carbonyl (C=O) groups excluding carboxylic acids is 1. The minimum atomic E-state index is 0.0352. The maximum Gasteiger partial charge on any atom is 0.247 e. The van der Waals surface area contributed by atoms with Gasteiger partial charge in [0, 0.05) is 34.8 Å². The summed E-state index contributed by atoms with van der Waals surface area (Å²) in [5, 5.41) is 4.06. The van der Waals surface area contributed by atoms with Gasteiger partial charge in [-0.25, -0.2) is 0 Å². The van der Waals surface area contributed by atoms with Crippen molar-refractivity contribution >= 4 is 34.7 Å². The molecule has 0 aromatic carbocycles. The fourth-order valence-electron chi connectivity index (χ4n) is 2.30. The number of hydrogen-bond acceptors (Lipinski definition) is 3. The van der Waals surface area contributed by atoms with E-state index in [2.05, 4.69) is 16.7 Å². The molecule has 3 heterocycles. The Kier molecular flexibility index (Phi) is 5.10. The molecule has 0 saturated heterocycles. The highest BCUT2D eigenvalue weighted by Gasteiger charge is 2.14. The van der Waals surface area contributed by atoms with Crippen LogP contribution in [0.3, 0.4) is 0 Å². The molecule has 5 heteroatoms. The number of rotatable bonds is 6. The first kappa shape index (κ1) is 15.8. The maximum absolute atomic E-state index is 12.6. The molecule has 0 N–H and O–H groups in total. The van der Waals surface area contributed by atoms with Crippen LogP contribution in [-0.4, -0.2) is 15.4 Å². The third-order valence-corrected chi connectivity index (χ3v) is 5.27. The number of carbonyl (C=O) groups is 1. The fraction of sp³-hybridized carbons (Fsp3) is 0.167. The van der Waals surface area contributed by atoms with Crippen LogP contribution in [0.5, 0.6) is 0 Å². The van der Waals surface area contributed by atoms with Crippen LogP contribution in [0.2, 0.25) is 0 Å². The lowest BCUT2D eigenvalue weighted by Gasteiger charge is -2.21. The lowest BCUT2D eigenvalue weighted by Crippen LogP contribution is -2.29. The van der Waals surface area contributed by atoms with Crippen molar-refractivity contribution in [2.45, 2.75) is 13.1 Å². The Bertz CT molecular complexity index is 770. The van der Waals surface area contributed by atoms with Crippen molar-refractivity contribution in [1.29, 1.82) is 0 Å². The molecule has 0 atom stereocenters. The van der Waals surface area contributed by atoms with E-state index in [0.717, 1.165) is 10.6 Å². The van der Waals surface area contributed by atoms with Gasteiger partial charge < -0.3 is 9.47 Å².